The van der Waals surface area contributed by atoms with Crippen molar-refractivity contribution in [3.05, 3.63) is 54.7 Å². The maximum atomic E-state index is 5.87. The molecule has 3 aromatic rings. The Balaban J connectivity index is 1.55. The van der Waals surface area contributed by atoms with Crippen LogP contribution in [0, 0.1) is 0 Å². The Morgan fingerprint density at radius 1 is 0.962 bits per heavy atom. The quantitative estimate of drug-likeness (QED) is 0.554. The fourth-order valence-electron chi connectivity index (χ4n) is 2.79. The third-order valence-corrected chi connectivity index (χ3v) is 4.10. The summed E-state index contributed by atoms with van der Waals surface area (Å²) in [4.78, 5) is 4.52. The molecule has 0 bridgehead atoms. The minimum absolute atomic E-state index is 0.627. The lowest BCUT2D eigenvalue weighted by molar-refractivity contribution is 0.345. The number of pyridine rings is 1. The first-order valence-electron chi connectivity index (χ1n) is 8.94. The molecule has 5 heteroatoms. The summed E-state index contributed by atoms with van der Waals surface area (Å²) >= 11 is 0. The van der Waals surface area contributed by atoms with E-state index in [0.717, 1.165) is 53.3 Å². The van der Waals surface area contributed by atoms with Crippen molar-refractivity contribution in [3.8, 4) is 11.5 Å². The van der Waals surface area contributed by atoms with Crippen molar-refractivity contribution in [1.82, 2.24) is 4.98 Å². The molecule has 0 spiro atoms. The van der Waals surface area contributed by atoms with Crippen LogP contribution in [0.5, 0.6) is 11.5 Å². The molecule has 0 radical (unpaired) electrons. The van der Waals surface area contributed by atoms with Crippen molar-refractivity contribution in [2.75, 3.05) is 37.4 Å². The van der Waals surface area contributed by atoms with Crippen LogP contribution in [0.2, 0.25) is 0 Å². The normalized spacial score (nSPS) is 10.5. The Labute approximate surface area is 154 Å². The number of para-hydroxylation sites is 1. The van der Waals surface area contributed by atoms with E-state index in [1.54, 1.807) is 7.11 Å². The van der Waals surface area contributed by atoms with Crippen LogP contribution in [-0.4, -0.2) is 31.8 Å². The molecule has 0 amide bonds. The molecule has 0 unspecified atom stereocenters. The number of anilines is 2. The highest BCUT2D eigenvalue weighted by atomic mass is 16.5. The van der Waals surface area contributed by atoms with Gasteiger partial charge in [0, 0.05) is 24.2 Å². The number of nitrogens with one attached hydrogen (secondary N) is 2. The number of nitrogens with zero attached hydrogens (tertiary/aromatic N) is 1. The fraction of sp³-hybridized carbons (Fsp3) is 0.286. The summed E-state index contributed by atoms with van der Waals surface area (Å²) in [5, 5.41) is 7.89. The van der Waals surface area contributed by atoms with Crippen LogP contribution >= 0.6 is 0 Å². The van der Waals surface area contributed by atoms with Crippen LogP contribution in [0.25, 0.3) is 10.9 Å². The van der Waals surface area contributed by atoms with Gasteiger partial charge in [0.15, 0.2) is 5.75 Å². The number of methoxy groups -OCH3 is 1. The van der Waals surface area contributed by atoms with Crippen molar-refractivity contribution < 1.29 is 9.47 Å². The lowest BCUT2D eigenvalue weighted by atomic mass is 10.2. The number of rotatable bonds is 9. The monoisotopic (exact) mass is 351 g/mol. The first-order chi connectivity index (χ1) is 12.8. The molecular formula is C21H25N3O2. The predicted molar refractivity (Wildman–Crippen MR) is 108 cm³/mol. The predicted octanol–water partition coefficient (Wildman–Crippen LogP) is 4.56. The molecule has 2 aromatic carbocycles. The molecule has 0 aliphatic heterocycles. The Morgan fingerprint density at radius 2 is 1.73 bits per heavy atom. The number of benzene rings is 2. The van der Waals surface area contributed by atoms with Crippen molar-refractivity contribution in [2.45, 2.75) is 13.3 Å². The van der Waals surface area contributed by atoms with Gasteiger partial charge >= 0.3 is 0 Å². The van der Waals surface area contributed by atoms with E-state index in [0.29, 0.717) is 6.61 Å². The van der Waals surface area contributed by atoms with Crippen LogP contribution in [0.4, 0.5) is 11.4 Å². The Bertz CT molecular complexity index is 834. The fourth-order valence-corrected chi connectivity index (χ4v) is 2.79. The molecule has 0 aliphatic rings. The molecule has 0 fully saturated rings. The number of ether oxygens (including phenoxy) is 2. The van der Waals surface area contributed by atoms with Crippen molar-refractivity contribution >= 4 is 22.3 Å². The molecule has 0 saturated heterocycles. The van der Waals surface area contributed by atoms with E-state index in [2.05, 4.69) is 15.6 Å². The Morgan fingerprint density at radius 3 is 2.50 bits per heavy atom. The van der Waals surface area contributed by atoms with E-state index in [1.807, 2.05) is 61.7 Å². The van der Waals surface area contributed by atoms with E-state index in [4.69, 9.17) is 9.47 Å². The smallest absolute Gasteiger partial charge is 0.153 e. The molecule has 5 nitrogen and oxygen atoms in total. The maximum Gasteiger partial charge on any atom is 0.153 e. The second-order valence-electron chi connectivity index (χ2n) is 5.89. The standard InChI is InChI=1S/C21H25N3O2/c1-3-26-21-18-7-4-5-8-19(18)24-15-20(21)23-14-6-13-22-16-9-11-17(25-2)12-10-16/h4-5,7-12,15,22-23H,3,6,13-14H2,1-2H3. The number of aromatic nitrogens is 1. The molecule has 26 heavy (non-hydrogen) atoms. The molecule has 3 rings (SSSR count). The molecule has 2 N–H and O–H groups in total. The zero-order valence-corrected chi connectivity index (χ0v) is 15.3. The zero-order valence-electron chi connectivity index (χ0n) is 15.3. The topological polar surface area (TPSA) is 55.4 Å². The first kappa shape index (κ1) is 17.9. The highest BCUT2D eigenvalue weighted by Crippen LogP contribution is 2.32. The minimum Gasteiger partial charge on any atom is -0.497 e. The van der Waals surface area contributed by atoms with Gasteiger partial charge in [-0.3, -0.25) is 4.98 Å². The van der Waals surface area contributed by atoms with Gasteiger partial charge in [0.2, 0.25) is 0 Å². The Hall–Kier alpha value is -2.95. The summed E-state index contributed by atoms with van der Waals surface area (Å²) in [5.41, 5.74) is 2.98. The van der Waals surface area contributed by atoms with Crippen LogP contribution in [0.3, 0.4) is 0 Å². The van der Waals surface area contributed by atoms with Crippen LogP contribution in [-0.2, 0) is 0 Å². The van der Waals surface area contributed by atoms with Crippen molar-refractivity contribution in [1.29, 1.82) is 0 Å². The SMILES string of the molecule is CCOc1c(NCCCNc2ccc(OC)cc2)cnc2ccccc12. The van der Waals surface area contributed by atoms with E-state index in [9.17, 15) is 0 Å². The summed E-state index contributed by atoms with van der Waals surface area (Å²) in [6.07, 6.45) is 2.83. The van der Waals surface area contributed by atoms with Crippen LogP contribution < -0.4 is 20.1 Å². The van der Waals surface area contributed by atoms with Gasteiger partial charge in [-0.1, -0.05) is 12.1 Å². The van der Waals surface area contributed by atoms with Gasteiger partial charge in [-0.15, -0.1) is 0 Å². The third kappa shape index (κ3) is 4.36. The van der Waals surface area contributed by atoms with Crippen molar-refractivity contribution in [3.63, 3.8) is 0 Å². The molecule has 136 valence electrons. The lowest BCUT2D eigenvalue weighted by Crippen LogP contribution is -2.10. The van der Waals surface area contributed by atoms with Crippen molar-refractivity contribution in [2.24, 2.45) is 0 Å². The van der Waals surface area contributed by atoms with Gasteiger partial charge in [0.25, 0.3) is 0 Å². The van der Waals surface area contributed by atoms with E-state index in [-0.39, 0.29) is 0 Å². The minimum atomic E-state index is 0.627. The summed E-state index contributed by atoms with van der Waals surface area (Å²) in [6.45, 7) is 4.34. The van der Waals surface area contributed by atoms with Gasteiger partial charge in [-0.2, -0.15) is 0 Å². The summed E-state index contributed by atoms with van der Waals surface area (Å²) in [7, 11) is 1.67. The van der Waals surface area contributed by atoms with Gasteiger partial charge in [-0.25, -0.2) is 0 Å². The Kier molecular flexibility index (Phi) is 6.14. The summed E-state index contributed by atoms with van der Waals surface area (Å²) < 4.78 is 11.0. The second-order valence-corrected chi connectivity index (χ2v) is 5.89. The molecule has 0 saturated carbocycles. The first-order valence-corrected chi connectivity index (χ1v) is 8.94. The van der Waals surface area contributed by atoms with E-state index in [1.165, 1.54) is 0 Å². The second kappa shape index (κ2) is 8.94. The van der Waals surface area contributed by atoms with Crippen LogP contribution in [0.15, 0.2) is 54.7 Å². The average Bonchev–Trinajstić information content (AvgIpc) is 2.69. The molecule has 0 atom stereocenters. The highest BCUT2D eigenvalue weighted by molar-refractivity contribution is 5.90. The van der Waals surface area contributed by atoms with Gasteiger partial charge in [0.05, 0.1) is 31.1 Å². The molecule has 1 aromatic heterocycles. The third-order valence-electron chi connectivity index (χ3n) is 4.10. The highest BCUT2D eigenvalue weighted by Gasteiger charge is 2.09. The number of hydrogen-bond donors (Lipinski definition) is 2. The average molecular weight is 351 g/mol. The molecule has 1 heterocycles. The van der Waals surface area contributed by atoms with Gasteiger partial charge in [-0.05, 0) is 49.7 Å². The zero-order chi connectivity index (χ0) is 18.2. The largest absolute Gasteiger partial charge is 0.497 e. The van der Waals surface area contributed by atoms with E-state index >= 15 is 0 Å². The lowest BCUT2D eigenvalue weighted by Gasteiger charge is -2.14. The van der Waals surface area contributed by atoms with Crippen LogP contribution in [0.1, 0.15) is 13.3 Å². The summed E-state index contributed by atoms with van der Waals surface area (Å²) in [6, 6.07) is 16.0. The van der Waals surface area contributed by atoms with Gasteiger partial charge < -0.3 is 20.1 Å². The number of hydrogen-bond acceptors (Lipinski definition) is 5. The van der Waals surface area contributed by atoms with E-state index < -0.39 is 0 Å². The number of fused-ring (bicyclic) bond motifs is 1. The molecular weight excluding hydrogens is 326 g/mol. The van der Waals surface area contributed by atoms with Gasteiger partial charge in [0.1, 0.15) is 5.75 Å². The molecule has 0 aliphatic carbocycles. The maximum absolute atomic E-state index is 5.87. The summed E-state index contributed by atoms with van der Waals surface area (Å²) in [5.74, 6) is 1.74.